The minimum Gasteiger partial charge on any atom is -0.469 e. The van der Waals surface area contributed by atoms with Crippen LogP contribution < -0.4 is 0 Å². The lowest BCUT2D eigenvalue weighted by Crippen LogP contribution is -2.21. The molecule has 0 spiro atoms. The Morgan fingerprint density at radius 3 is 1.76 bits per heavy atom. The summed E-state index contributed by atoms with van der Waals surface area (Å²) in [6.07, 6.45) is 9.83. The summed E-state index contributed by atoms with van der Waals surface area (Å²) in [4.78, 5) is 21.9. The van der Waals surface area contributed by atoms with Gasteiger partial charge in [0, 0.05) is 6.42 Å². The fourth-order valence-corrected chi connectivity index (χ4v) is 2.20. The van der Waals surface area contributed by atoms with Gasteiger partial charge >= 0.3 is 11.9 Å². The van der Waals surface area contributed by atoms with Crippen LogP contribution in [0.3, 0.4) is 0 Å². The number of aliphatic hydroxyl groups is 1. The molecule has 1 N–H and O–H groups in total. The quantitative estimate of drug-likeness (QED) is 0.418. The Morgan fingerprint density at radius 2 is 1.29 bits per heavy atom. The normalized spacial score (nSPS) is 12.0. The molecule has 0 amide bonds. The average molecular weight is 302 g/mol. The minimum atomic E-state index is -0.968. The molecule has 0 aromatic carbocycles. The molecule has 0 fully saturated rings. The third kappa shape index (κ3) is 12.4. The van der Waals surface area contributed by atoms with Crippen molar-refractivity contribution < 1.29 is 24.2 Å². The second-order valence-corrected chi connectivity index (χ2v) is 5.34. The SMILES string of the molecule is COC(=O)CCCCCCCCCCCC(O)C(=O)OC. The summed E-state index contributed by atoms with van der Waals surface area (Å²) in [7, 11) is 2.71. The molecule has 0 aliphatic heterocycles. The van der Waals surface area contributed by atoms with Crippen LogP contribution in [0.1, 0.15) is 70.6 Å². The molecule has 0 bridgehead atoms. The van der Waals surface area contributed by atoms with E-state index in [2.05, 4.69) is 9.47 Å². The van der Waals surface area contributed by atoms with Crippen molar-refractivity contribution >= 4 is 11.9 Å². The van der Waals surface area contributed by atoms with Crippen molar-refractivity contribution in [1.29, 1.82) is 0 Å². The van der Waals surface area contributed by atoms with E-state index < -0.39 is 12.1 Å². The van der Waals surface area contributed by atoms with Gasteiger partial charge in [-0.2, -0.15) is 0 Å². The molecular weight excluding hydrogens is 272 g/mol. The van der Waals surface area contributed by atoms with E-state index in [9.17, 15) is 14.7 Å². The van der Waals surface area contributed by atoms with Crippen LogP contribution in [0, 0.1) is 0 Å². The van der Waals surface area contributed by atoms with Crippen molar-refractivity contribution in [3.8, 4) is 0 Å². The summed E-state index contributed by atoms with van der Waals surface area (Å²) >= 11 is 0. The van der Waals surface area contributed by atoms with E-state index in [1.807, 2.05) is 0 Å². The molecule has 0 saturated carbocycles. The number of carbonyl (C=O) groups is 2. The lowest BCUT2D eigenvalue weighted by atomic mass is 10.0. The molecule has 0 radical (unpaired) electrons. The van der Waals surface area contributed by atoms with E-state index in [1.165, 1.54) is 33.5 Å². The molecule has 5 heteroatoms. The van der Waals surface area contributed by atoms with Gasteiger partial charge in [-0.15, -0.1) is 0 Å². The second kappa shape index (κ2) is 13.9. The van der Waals surface area contributed by atoms with E-state index in [0.29, 0.717) is 12.8 Å². The number of hydrogen-bond donors (Lipinski definition) is 1. The highest BCUT2D eigenvalue weighted by Crippen LogP contribution is 2.12. The third-order valence-electron chi connectivity index (χ3n) is 3.56. The smallest absolute Gasteiger partial charge is 0.334 e. The summed E-state index contributed by atoms with van der Waals surface area (Å²) < 4.78 is 9.04. The second-order valence-electron chi connectivity index (χ2n) is 5.34. The zero-order valence-electron chi connectivity index (χ0n) is 13.4. The largest absolute Gasteiger partial charge is 0.469 e. The molecule has 0 aromatic rings. The van der Waals surface area contributed by atoms with Gasteiger partial charge in [0.05, 0.1) is 14.2 Å². The van der Waals surface area contributed by atoms with Crippen LogP contribution in [0.25, 0.3) is 0 Å². The highest BCUT2D eigenvalue weighted by molar-refractivity contribution is 5.74. The summed E-state index contributed by atoms with van der Waals surface area (Å²) in [5.41, 5.74) is 0. The molecule has 0 aliphatic carbocycles. The van der Waals surface area contributed by atoms with Crippen LogP contribution >= 0.6 is 0 Å². The van der Waals surface area contributed by atoms with Gasteiger partial charge in [0.15, 0.2) is 6.10 Å². The Labute approximate surface area is 128 Å². The number of rotatable bonds is 13. The molecule has 0 aromatic heterocycles. The predicted molar refractivity (Wildman–Crippen MR) is 80.8 cm³/mol. The summed E-state index contributed by atoms with van der Waals surface area (Å²) in [5, 5.41) is 9.39. The summed E-state index contributed by atoms with van der Waals surface area (Å²) in [6.45, 7) is 0. The summed E-state index contributed by atoms with van der Waals surface area (Å²) in [5.74, 6) is -0.661. The predicted octanol–water partition coefficient (Wildman–Crippen LogP) is 2.98. The number of carbonyl (C=O) groups excluding carboxylic acids is 2. The van der Waals surface area contributed by atoms with Crippen LogP contribution in [0.4, 0.5) is 0 Å². The Hall–Kier alpha value is -1.10. The molecule has 5 nitrogen and oxygen atoms in total. The standard InChI is InChI=1S/C16H30O5/c1-20-15(18)13-11-9-7-5-3-4-6-8-10-12-14(17)16(19)21-2/h14,17H,3-13H2,1-2H3. The Morgan fingerprint density at radius 1 is 0.810 bits per heavy atom. The van der Waals surface area contributed by atoms with Crippen molar-refractivity contribution in [3.05, 3.63) is 0 Å². The topological polar surface area (TPSA) is 72.8 Å². The van der Waals surface area contributed by atoms with Crippen LogP contribution in [-0.2, 0) is 19.1 Å². The third-order valence-corrected chi connectivity index (χ3v) is 3.56. The van der Waals surface area contributed by atoms with Crippen molar-refractivity contribution in [2.24, 2.45) is 0 Å². The molecule has 124 valence electrons. The fourth-order valence-electron chi connectivity index (χ4n) is 2.20. The van der Waals surface area contributed by atoms with E-state index >= 15 is 0 Å². The molecule has 0 saturated heterocycles. The highest BCUT2D eigenvalue weighted by atomic mass is 16.5. The number of methoxy groups -OCH3 is 2. The van der Waals surface area contributed by atoms with Crippen molar-refractivity contribution in [2.45, 2.75) is 76.7 Å². The van der Waals surface area contributed by atoms with E-state index in [0.717, 1.165) is 38.5 Å². The Balaban J connectivity index is 3.19. The van der Waals surface area contributed by atoms with Crippen molar-refractivity contribution in [1.82, 2.24) is 0 Å². The number of unbranched alkanes of at least 4 members (excludes halogenated alkanes) is 8. The number of ether oxygens (including phenoxy) is 2. The van der Waals surface area contributed by atoms with Crippen molar-refractivity contribution in [2.75, 3.05) is 14.2 Å². The molecule has 1 atom stereocenters. The number of hydrogen-bond acceptors (Lipinski definition) is 5. The van der Waals surface area contributed by atoms with Gasteiger partial charge in [-0.3, -0.25) is 4.79 Å². The first kappa shape index (κ1) is 19.9. The van der Waals surface area contributed by atoms with Crippen molar-refractivity contribution in [3.63, 3.8) is 0 Å². The van der Waals surface area contributed by atoms with Crippen LogP contribution in [-0.4, -0.2) is 37.4 Å². The maximum atomic E-state index is 11.0. The first-order valence-corrected chi connectivity index (χ1v) is 7.94. The maximum Gasteiger partial charge on any atom is 0.334 e. The highest BCUT2D eigenvalue weighted by Gasteiger charge is 2.13. The first-order valence-electron chi connectivity index (χ1n) is 7.94. The van der Waals surface area contributed by atoms with Gasteiger partial charge in [0.25, 0.3) is 0 Å². The van der Waals surface area contributed by atoms with Crippen LogP contribution in [0.2, 0.25) is 0 Å². The average Bonchev–Trinajstić information content (AvgIpc) is 2.50. The molecule has 0 heterocycles. The Bertz CT molecular complexity index is 278. The zero-order chi connectivity index (χ0) is 15.9. The fraction of sp³-hybridized carbons (Fsp3) is 0.875. The van der Waals surface area contributed by atoms with E-state index in [-0.39, 0.29) is 5.97 Å². The Kier molecular flexibility index (Phi) is 13.1. The molecule has 0 rings (SSSR count). The van der Waals surface area contributed by atoms with E-state index in [1.54, 1.807) is 0 Å². The van der Waals surface area contributed by atoms with Gasteiger partial charge < -0.3 is 14.6 Å². The number of aliphatic hydroxyl groups excluding tert-OH is 1. The summed E-state index contributed by atoms with van der Waals surface area (Å²) in [6, 6.07) is 0. The van der Waals surface area contributed by atoms with Crippen LogP contribution in [0.5, 0.6) is 0 Å². The van der Waals surface area contributed by atoms with Gasteiger partial charge in [0.1, 0.15) is 0 Å². The van der Waals surface area contributed by atoms with Crippen LogP contribution in [0.15, 0.2) is 0 Å². The van der Waals surface area contributed by atoms with Gasteiger partial charge in [-0.05, 0) is 12.8 Å². The maximum absolute atomic E-state index is 11.0. The minimum absolute atomic E-state index is 0.121. The lowest BCUT2D eigenvalue weighted by molar-refractivity contribution is -0.150. The van der Waals surface area contributed by atoms with Gasteiger partial charge in [-0.25, -0.2) is 4.79 Å². The molecule has 0 aliphatic rings. The first-order chi connectivity index (χ1) is 10.1. The molecular formula is C16H30O5. The molecule has 1 unspecified atom stereocenters. The zero-order valence-corrected chi connectivity index (χ0v) is 13.4. The molecule has 21 heavy (non-hydrogen) atoms. The monoisotopic (exact) mass is 302 g/mol. The van der Waals surface area contributed by atoms with Gasteiger partial charge in [0.2, 0.25) is 0 Å². The van der Waals surface area contributed by atoms with E-state index in [4.69, 9.17) is 0 Å². The lowest BCUT2D eigenvalue weighted by Gasteiger charge is -2.07. The van der Waals surface area contributed by atoms with Gasteiger partial charge in [-0.1, -0.05) is 51.4 Å². The number of esters is 2.